The molecule has 0 aliphatic heterocycles. The average Bonchev–Trinajstić information content (AvgIpc) is 2.28. The molecule has 1 aromatic carbocycles. The van der Waals surface area contributed by atoms with Crippen LogP contribution in [-0.2, 0) is 9.05 Å². The molecule has 1 amide bonds. The Kier molecular flexibility index (Phi) is 5.93. The first kappa shape index (κ1) is 18.5. The molecule has 0 fully saturated rings. The molecule has 0 atom stereocenters. The third-order valence-electron chi connectivity index (χ3n) is 2.21. The topological polar surface area (TPSA) is 63.2 Å². The highest BCUT2D eigenvalue weighted by molar-refractivity contribution is 9.10. The van der Waals surface area contributed by atoms with Crippen molar-refractivity contribution in [3.8, 4) is 0 Å². The zero-order valence-corrected chi connectivity index (χ0v) is 13.9. The first-order valence-electron chi connectivity index (χ1n) is 5.20. The van der Waals surface area contributed by atoms with E-state index < -0.39 is 44.0 Å². The summed E-state index contributed by atoms with van der Waals surface area (Å²) < 4.78 is 58.8. The van der Waals surface area contributed by atoms with Gasteiger partial charge in [0.25, 0.3) is 15.0 Å². The minimum Gasteiger partial charge on any atom is -0.352 e. The van der Waals surface area contributed by atoms with Gasteiger partial charge < -0.3 is 5.32 Å². The number of halogens is 6. The molecule has 118 valence electrons. The summed E-state index contributed by atoms with van der Waals surface area (Å²) in [7, 11) is 0.958. The van der Waals surface area contributed by atoms with Crippen molar-refractivity contribution >= 4 is 53.2 Å². The van der Waals surface area contributed by atoms with Gasteiger partial charge in [0.1, 0.15) is 4.90 Å². The van der Waals surface area contributed by atoms with Gasteiger partial charge in [0.05, 0.1) is 17.0 Å². The summed E-state index contributed by atoms with van der Waals surface area (Å²) in [5, 5.41) is 1.54. The zero-order valence-electron chi connectivity index (χ0n) is 9.97. The standard InChI is InChI=1S/C10H7BrCl2F3NO3S/c11-5-3-6(8(12)7(4-5)21(13,19)20)9(18)17-2-1-10(14,15)16/h3-4H,1-2H2,(H,17,18). The van der Waals surface area contributed by atoms with Gasteiger partial charge in [-0.25, -0.2) is 8.42 Å². The Morgan fingerprint density at radius 1 is 1.33 bits per heavy atom. The van der Waals surface area contributed by atoms with Crippen LogP contribution in [-0.4, -0.2) is 27.0 Å². The summed E-state index contributed by atoms with van der Waals surface area (Å²) in [4.78, 5) is 11.2. The van der Waals surface area contributed by atoms with Crippen LogP contribution in [0.3, 0.4) is 0 Å². The van der Waals surface area contributed by atoms with E-state index in [1.54, 1.807) is 0 Å². The molecule has 4 nitrogen and oxygen atoms in total. The van der Waals surface area contributed by atoms with Crippen molar-refractivity contribution in [2.45, 2.75) is 17.5 Å². The van der Waals surface area contributed by atoms with Crippen LogP contribution in [0.4, 0.5) is 13.2 Å². The Morgan fingerprint density at radius 2 is 1.90 bits per heavy atom. The second-order valence-corrected chi connectivity index (χ2v) is 7.65. The van der Waals surface area contributed by atoms with Crippen molar-refractivity contribution in [1.29, 1.82) is 0 Å². The number of nitrogens with one attached hydrogen (secondary N) is 1. The smallest absolute Gasteiger partial charge is 0.352 e. The molecule has 1 rings (SSSR count). The van der Waals surface area contributed by atoms with Crippen molar-refractivity contribution in [3.05, 3.63) is 27.2 Å². The van der Waals surface area contributed by atoms with Crippen LogP contribution in [0.2, 0.25) is 5.02 Å². The third-order valence-corrected chi connectivity index (χ3v) is 4.53. The third kappa shape index (κ3) is 5.65. The lowest BCUT2D eigenvalue weighted by molar-refractivity contribution is -0.132. The van der Waals surface area contributed by atoms with Crippen LogP contribution in [0.15, 0.2) is 21.5 Å². The van der Waals surface area contributed by atoms with Crippen LogP contribution in [0, 0.1) is 0 Å². The van der Waals surface area contributed by atoms with E-state index in [4.69, 9.17) is 22.3 Å². The minimum atomic E-state index is -4.42. The van der Waals surface area contributed by atoms with Gasteiger partial charge in [-0.15, -0.1) is 0 Å². The van der Waals surface area contributed by atoms with E-state index >= 15 is 0 Å². The normalized spacial score (nSPS) is 12.3. The van der Waals surface area contributed by atoms with Crippen LogP contribution in [0.1, 0.15) is 16.8 Å². The SMILES string of the molecule is O=C(NCCC(F)(F)F)c1cc(Br)cc(S(=O)(=O)Cl)c1Cl. The molecule has 0 heterocycles. The number of alkyl halides is 3. The summed E-state index contributed by atoms with van der Waals surface area (Å²) >= 11 is 8.73. The Labute approximate surface area is 136 Å². The monoisotopic (exact) mass is 427 g/mol. The van der Waals surface area contributed by atoms with Gasteiger partial charge in [0.2, 0.25) is 0 Å². The highest BCUT2D eigenvalue weighted by atomic mass is 79.9. The van der Waals surface area contributed by atoms with Gasteiger partial charge in [-0.1, -0.05) is 27.5 Å². The number of carbonyl (C=O) groups excluding carboxylic acids is 1. The molecule has 0 aliphatic rings. The molecule has 11 heteroatoms. The van der Waals surface area contributed by atoms with E-state index in [1.165, 1.54) is 6.07 Å². The molecule has 0 aromatic heterocycles. The Morgan fingerprint density at radius 3 is 2.38 bits per heavy atom. The molecular weight excluding hydrogens is 422 g/mol. The van der Waals surface area contributed by atoms with Gasteiger partial charge in [-0.3, -0.25) is 4.79 Å². The Hall–Kier alpha value is -0.510. The summed E-state index contributed by atoms with van der Waals surface area (Å²) in [6.45, 7) is -0.659. The minimum absolute atomic E-state index is 0.187. The molecule has 0 bridgehead atoms. The van der Waals surface area contributed by atoms with Crippen LogP contribution in [0.25, 0.3) is 0 Å². The second kappa shape index (κ2) is 6.72. The van der Waals surface area contributed by atoms with Crippen molar-refractivity contribution in [2.24, 2.45) is 0 Å². The van der Waals surface area contributed by atoms with Gasteiger partial charge in [0, 0.05) is 21.7 Å². The van der Waals surface area contributed by atoms with Gasteiger partial charge in [0.15, 0.2) is 0 Å². The van der Waals surface area contributed by atoms with Crippen LogP contribution >= 0.6 is 38.2 Å². The molecule has 0 saturated carbocycles. The maximum atomic E-state index is 12.0. The van der Waals surface area contributed by atoms with E-state index in [-0.39, 0.29) is 10.0 Å². The Balaban J connectivity index is 3.03. The maximum absolute atomic E-state index is 12.0. The number of hydrogen-bond donors (Lipinski definition) is 1. The fraction of sp³-hybridized carbons (Fsp3) is 0.300. The number of benzene rings is 1. The summed E-state index contributed by atoms with van der Waals surface area (Å²) in [5.41, 5.74) is -0.299. The second-order valence-electron chi connectivity index (χ2n) is 3.82. The molecule has 0 spiro atoms. The van der Waals surface area contributed by atoms with E-state index in [2.05, 4.69) is 15.9 Å². The summed E-state index contributed by atoms with van der Waals surface area (Å²) in [6.07, 6.45) is -5.63. The fourth-order valence-electron chi connectivity index (χ4n) is 1.32. The summed E-state index contributed by atoms with van der Waals surface area (Å²) in [5.74, 6) is -0.938. The van der Waals surface area contributed by atoms with E-state index in [0.29, 0.717) is 0 Å². The van der Waals surface area contributed by atoms with Crippen molar-refractivity contribution < 1.29 is 26.4 Å². The largest absolute Gasteiger partial charge is 0.390 e. The van der Waals surface area contributed by atoms with Crippen molar-refractivity contribution in [1.82, 2.24) is 5.32 Å². The Bertz CT molecular complexity index is 664. The highest BCUT2D eigenvalue weighted by Gasteiger charge is 2.27. The van der Waals surface area contributed by atoms with Gasteiger partial charge >= 0.3 is 6.18 Å². The lowest BCUT2D eigenvalue weighted by Crippen LogP contribution is -2.28. The van der Waals surface area contributed by atoms with Crippen LogP contribution in [0.5, 0.6) is 0 Å². The molecule has 21 heavy (non-hydrogen) atoms. The van der Waals surface area contributed by atoms with Crippen molar-refractivity contribution in [2.75, 3.05) is 6.54 Å². The molecule has 0 saturated heterocycles. The molecule has 0 radical (unpaired) electrons. The van der Waals surface area contributed by atoms with Crippen molar-refractivity contribution in [3.63, 3.8) is 0 Å². The first-order valence-corrected chi connectivity index (χ1v) is 8.68. The fourth-order valence-corrected chi connectivity index (χ4v) is 3.50. The maximum Gasteiger partial charge on any atom is 0.390 e. The van der Waals surface area contributed by atoms with Crippen LogP contribution < -0.4 is 5.32 Å². The zero-order chi connectivity index (χ0) is 16.4. The lowest BCUT2D eigenvalue weighted by atomic mass is 10.2. The van der Waals surface area contributed by atoms with E-state index in [9.17, 15) is 26.4 Å². The predicted octanol–water partition coefficient (Wildman–Crippen LogP) is 3.71. The van der Waals surface area contributed by atoms with Gasteiger partial charge in [-0.05, 0) is 12.1 Å². The van der Waals surface area contributed by atoms with E-state index in [1.807, 2.05) is 5.32 Å². The van der Waals surface area contributed by atoms with E-state index in [0.717, 1.165) is 6.07 Å². The first-order chi connectivity index (χ1) is 9.42. The lowest BCUT2D eigenvalue weighted by Gasteiger charge is -2.11. The number of carbonyl (C=O) groups is 1. The molecule has 0 aliphatic carbocycles. The van der Waals surface area contributed by atoms with Gasteiger partial charge in [-0.2, -0.15) is 13.2 Å². The summed E-state index contributed by atoms with van der Waals surface area (Å²) in [6, 6.07) is 2.26. The average molecular weight is 429 g/mol. The molecule has 1 N–H and O–H groups in total. The number of rotatable bonds is 4. The predicted molar refractivity (Wildman–Crippen MR) is 75.2 cm³/mol. The molecular formula is C10H7BrCl2F3NO3S. The number of amides is 1. The molecule has 0 unspecified atom stereocenters. The quantitative estimate of drug-likeness (QED) is 0.743. The number of hydrogen-bond acceptors (Lipinski definition) is 3. The highest BCUT2D eigenvalue weighted by Crippen LogP contribution is 2.31. The molecule has 1 aromatic rings.